The molecule has 128 valence electrons. The number of Topliss-reactive ketones (excluding diaryl/α,β-unsaturated/α-hetero) is 1. The normalized spacial score (nSPS) is 23.4. The van der Waals surface area contributed by atoms with Crippen molar-refractivity contribution < 1.29 is 14.3 Å². The molecular weight excluding hydrogens is 380 g/mol. The minimum atomic E-state index is -1.12. The van der Waals surface area contributed by atoms with Gasteiger partial charge in [0.2, 0.25) is 0 Å². The first kappa shape index (κ1) is 16.5. The van der Waals surface area contributed by atoms with Crippen LogP contribution in [0.25, 0.3) is 0 Å². The molecule has 0 radical (unpaired) electrons. The average Bonchev–Trinajstić information content (AvgIpc) is 2.98. The summed E-state index contributed by atoms with van der Waals surface area (Å²) in [5, 5.41) is 0. The highest BCUT2D eigenvalue weighted by atomic mass is 79.9. The lowest BCUT2D eigenvalue weighted by Gasteiger charge is -2.45. The quantitative estimate of drug-likeness (QED) is 0.527. The number of hydrogen-bond donors (Lipinski definition) is 0. The third-order valence-electron chi connectivity index (χ3n) is 5.56. The van der Waals surface area contributed by atoms with Gasteiger partial charge in [-0.05, 0) is 55.5 Å². The number of esters is 1. The fourth-order valence-corrected chi connectivity index (χ4v) is 4.48. The van der Waals surface area contributed by atoms with Crippen LogP contribution in [0.2, 0.25) is 0 Å². The molecule has 1 spiro atoms. The Kier molecular flexibility index (Phi) is 3.66. The van der Waals surface area contributed by atoms with E-state index in [1.165, 1.54) is 11.1 Å². The summed E-state index contributed by atoms with van der Waals surface area (Å²) in [7, 11) is 0. The van der Waals surface area contributed by atoms with Crippen LogP contribution >= 0.6 is 15.9 Å². The van der Waals surface area contributed by atoms with E-state index < -0.39 is 22.9 Å². The van der Waals surface area contributed by atoms with Crippen LogP contribution in [0.4, 0.5) is 0 Å². The van der Waals surface area contributed by atoms with Crippen LogP contribution in [0, 0.1) is 10.8 Å². The van der Waals surface area contributed by atoms with E-state index in [1.54, 1.807) is 13.8 Å². The summed E-state index contributed by atoms with van der Waals surface area (Å²) in [5.41, 5.74) is 1.37. The molecule has 0 aromatic heterocycles. The van der Waals surface area contributed by atoms with Crippen molar-refractivity contribution in [1.29, 1.82) is 0 Å². The molecule has 0 N–H and O–H groups in total. The molecule has 2 aliphatic rings. The number of fused-ring (bicyclic) bond motifs is 1. The van der Waals surface area contributed by atoms with Crippen molar-refractivity contribution in [2.75, 3.05) is 0 Å². The van der Waals surface area contributed by atoms with E-state index in [2.05, 4.69) is 28.1 Å². The Hall–Kier alpha value is -1.94. The number of halogens is 1. The summed E-state index contributed by atoms with van der Waals surface area (Å²) in [6.45, 7) is 3.36. The minimum absolute atomic E-state index is 0.0135. The predicted octanol–water partition coefficient (Wildman–Crippen LogP) is 4.43. The van der Waals surface area contributed by atoms with Crippen LogP contribution in [0.3, 0.4) is 0 Å². The summed E-state index contributed by atoms with van der Waals surface area (Å²) < 4.78 is 6.84. The third kappa shape index (κ3) is 2.38. The van der Waals surface area contributed by atoms with Crippen LogP contribution in [0.15, 0.2) is 53.0 Å². The number of hydrogen-bond acceptors (Lipinski definition) is 3. The van der Waals surface area contributed by atoms with E-state index in [9.17, 15) is 9.59 Å². The highest BCUT2D eigenvalue weighted by Crippen LogP contribution is 2.55. The number of ether oxygens (including phenoxy) is 1. The van der Waals surface area contributed by atoms with Crippen LogP contribution in [0.1, 0.15) is 36.6 Å². The van der Waals surface area contributed by atoms with Gasteiger partial charge in [0.15, 0.2) is 5.78 Å². The molecule has 4 heteroatoms. The molecule has 3 nitrogen and oxygen atoms in total. The second kappa shape index (κ2) is 5.53. The molecule has 2 aromatic rings. The number of carbonyl (C=O) groups excluding carboxylic acids is 2. The minimum Gasteiger partial charge on any atom is -0.456 e. The Labute approximate surface area is 155 Å². The van der Waals surface area contributed by atoms with Crippen LogP contribution in [0.5, 0.6) is 0 Å². The van der Waals surface area contributed by atoms with E-state index in [-0.39, 0.29) is 5.78 Å². The topological polar surface area (TPSA) is 43.4 Å². The van der Waals surface area contributed by atoms with Crippen LogP contribution in [-0.4, -0.2) is 11.8 Å². The SMILES string of the molecule is CC1(C)C(=O)O[C@H](c2ccc(Br)cc2)C2(Cc3ccccc3C2)C1=O. The standard InChI is InChI=1S/C21H19BrO3/c1-20(2)18(23)21(11-14-5-3-4-6-15(14)12-21)17(25-19(20)24)13-7-9-16(22)10-8-13/h3-10,17H,11-12H2,1-2H3/t17-/m1/s1. The highest BCUT2D eigenvalue weighted by Gasteiger charge is 2.62. The second-order valence-electron chi connectivity index (χ2n) is 7.57. The van der Waals surface area contributed by atoms with Crippen molar-refractivity contribution in [2.24, 2.45) is 10.8 Å². The molecule has 25 heavy (non-hydrogen) atoms. The Bertz CT molecular complexity index is 842. The van der Waals surface area contributed by atoms with Crippen molar-refractivity contribution >= 4 is 27.7 Å². The summed E-state index contributed by atoms with van der Waals surface area (Å²) >= 11 is 3.43. The molecule has 1 aliphatic carbocycles. The maximum absolute atomic E-state index is 13.5. The fourth-order valence-electron chi connectivity index (χ4n) is 4.22. The zero-order valence-corrected chi connectivity index (χ0v) is 15.8. The molecule has 1 fully saturated rings. The zero-order chi connectivity index (χ0) is 17.8. The van der Waals surface area contributed by atoms with Gasteiger partial charge in [0.05, 0.1) is 5.41 Å². The van der Waals surface area contributed by atoms with E-state index in [0.29, 0.717) is 12.8 Å². The molecular formula is C21H19BrO3. The predicted molar refractivity (Wildman–Crippen MR) is 98.0 cm³/mol. The van der Waals surface area contributed by atoms with Gasteiger partial charge in [-0.15, -0.1) is 0 Å². The zero-order valence-electron chi connectivity index (χ0n) is 14.2. The second-order valence-corrected chi connectivity index (χ2v) is 8.49. The van der Waals surface area contributed by atoms with Crippen LogP contribution < -0.4 is 0 Å². The van der Waals surface area contributed by atoms with Crippen molar-refractivity contribution in [3.8, 4) is 0 Å². The lowest BCUT2D eigenvalue weighted by molar-refractivity contribution is -0.188. The lowest BCUT2D eigenvalue weighted by Crippen LogP contribution is -2.55. The molecule has 1 saturated heterocycles. The van der Waals surface area contributed by atoms with Gasteiger partial charge in [-0.3, -0.25) is 9.59 Å². The van der Waals surface area contributed by atoms with Crippen molar-refractivity contribution in [3.63, 3.8) is 0 Å². The summed E-state index contributed by atoms with van der Waals surface area (Å²) in [4.78, 5) is 26.0. The summed E-state index contributed by atoms with van der Waals surface area (Å²) in [6.07, 6.45) is 0.667. The molecule has 2 aromatic carbocycles. The van der Waals surface area contributed by atoms with Crippen molar-refractivity contribution in [3.05, 3.63) is 69.7 Å². The number of rotatable bonds is 1. The Morgan fingerprint density at radius 3 is 2.08 bits per heavy atom. The fraction of sp³-hybridized carbons (Fsp3) is 0.333. The summed E-state index contributed by atoms with van der Waals surface area (Å²) in [5.74, 6) is -0.452. The highest BCUT2D eigenvalue weighted by molar-refractivity contribution is 9.10. The maximum Gasteiger partial charge on any atom is 0.319 e. The van der Waals surface area contributed by atoms with Gasteiger partial charge in [-0.2, -0.15) is 0 Å². The van der Waals surface area contributed by atoms with Gasteiger partial charge in [0, 0.05) is 4.47 Å². The van der Waals surface area contributed by atoms with E-state index in [0.717, 1.165) is 10.0 Å². The Morgan fingerprint density at radius 2 is 1.52 bits per heavy atom. The van der Waals surface area contributed by atoms with Gasteiger partial charge >= 0.3 is 5.97 Å². The van der Waals surface area contributed by atoms with Gasteiger partial charge in [0.25, 0.3) is 0 Å². The first-order valence-electron chi connectivity index (χ1n) is 8.43. The molecule has 1 heterocycles. The molecule has 4 rings (SSSR count). The maximum atomic E-state index is 13.5. The first-order valence-corrected chi connectivity index (χ1v) is 9.22. The smallest absolute Gasteiger partial charge is 0.319 e. The molecule has 1 atom stereocenters. The first-order chi connectivity index (χ1) is 11.8. The van der Waals surface area contributed by atoms with Gasteiger partial charge < -0.3 is 4.74 Å². The molecule has 0 bridgehead atoms. The molecule has 0 amide bonds. The Balaban J connectivity index is 1.86. The number of ketones is 1. The van der Waals surface area contributed by atoms with E-state index >= 15 is 0 Å². The monoisotopic (exact) mass is 398 g/mol. The number of benzene rings is 2. The number of carbonyl (C=O) groups is 2. The molecule has 0 unspecified atom stereocenters. The number of cyclic esters (lactones) is 1. The van der Waals surface area contributed by atoms with Gasteiger partial charge in [-0.1, -0.05) is 52.3 Å². The molecule has 0 saturated carbocycles. The largest absolute Gasteiger partial charge is 0.456 e. The van der Waals surface area contributed by atoms with Gasteiger partial charge in [0.1, 0.15) is 11.5 Å². The van der Waals surface area contributed by atoms with Gasteiger partial charge in [-0.25, -0.2) is 0 Å². The Morgan fingerprint density at radius 1 is 0.960 bits per heavy atom. The van der Waals surface area contributed by atoms with Crippen molar-refractivity contribution in [2.45, 2.75) is 32.8 Å². The average molecular weight is 399 g/mol. The van der Waals surface area contributed by atoms with Crippen LogP contribution in [-0.2, 0) is 27.2 Å². The van der Waals surface area contributed by atoms with Crippen molar-refractivity contribution in [1.82, 2.24) is 0 Å². The lowest BCUT2D eigenvalue weighted by atomic mass is 9.63. The third-order valence-corrected chi connectivity index (χ3v) is 6.09. The van der Waals surface area contributed by atoms with E-state index in [4.69, 9.17) is 4.74 Å². The summed E-state index contributed by atoms with van der Waals surface area (Å²) in [6, 6.07) is 15.8. The van der Waals surface area contributed by atoms with E-state index in [1.807, 2.05) is 36.4 Å². The molecule has 1 aliphatic heterocycles.